The van der Waals surface area contributed by atoms with Crippen LogP contribution in [0.25, 0.3) is 0 Å². The Hall–Kier alpha value is -1.49. The summed E-state index contributed by atoms with van der Waals surface area (Å²) in [5.74, 6) is -0.604. The summed E-state index contributed by atoms with van der Waals surface area (Å²) in [7, 11) is -3.21. The van der Waals surface area contributed by atoms with E-state index in [9.17, 15) is 14.2 Å². The largest absolute Gasteiger partial charge is 0.321 e. The van der Waals surface area contributed by atoms with Gasteiger partial charge >= 0.3 is 8.25 Å². The molecule has 0 aliphatic rings. The molecule has 0 aliphatic carbocycles. The Balaban J connectivity index is 2.29. The first kappa shape index (κ1) is 26.8. The fourth-order valence-corrected chi connectivity index (χ4v) is 5.29. The lowest BCUT2D eigenvalue weighted by molar-refractivity contribution is 0.0104. The van der Waals surface area contributed by atoms with E-state index in [0.717, 1.165) is 0 Å². The normalized spacial score (nSPS) is 12.2. The van der Waals surface area contributed by atoms with Crippen LogP contribution in [-0.2, 0) is 13.6 Å². The topological polar surface area (TPSA) is 69.7 Å². The number of rotatable bonds is 12. The first-order valence-electron chi connectivity index (χ1n) is 10.7. The third kappa shape index (κ3) is 5.89. The summed E-state index contributed by atoms with van der Waals surface area (Å²) in [6, 6.07) is 12.9. The van der Waals surface area contributed by atoms with Crippen LogP contribution < -0.4 is 0 Å². The van der Waals surface area contributed by atoms with Gasteiger partial charge in [-0.1, -0.05) is 50.9 Å². The first-order chi connectivity index (χ1) is 15.2. The number of carbonyl (C=O) groups excluding carboxylic acids is 2. The van der Waals surface area contributed by atoms with Crippen LogP contribution in [0.5, 0.6) is 0 Å². The van der Waals surface area contributed by atoms with Gasteiger partial charge in [0, 0.05) is 21.2 Å². The van der Waals surface area contributed by atoms with Gasteiger partial charge in [0.2, 0.25) is 0 Å². The maximum atomic E-state index is 13.2. The Morgan fingerprint density at radius 1 is 0.688 bits per heavy atom. The van der Waals surface area contributed by atoms with Crippen LogP contribution in [0.15, 0.2) is 48.5 Å². The summed E-state index contributed by atoms with van der Waals surface area (Å²) >= 11 is 11.9. The molecule has 0 spiro atoms. The van der Waals surface area contributed by atoms with Crippen molar-refractivity contribution in [2.75, 3.05) is 0 Å². The Kier molecular flexibility index (Phi) is 9.68. The van der Waals surface area contributed by atoms with Gasteiger partial charge < -0.3 is 0 Å². The maximum Gasteiger partial charge on any atom is 0.321 e. The molecular formula is C24H29Cl2O5P. The lowest BCUT2D eigenvalue weighted by atomic mass is 9.88. The summed E-state index contributed by atoms with van der Waals surface area (Å²) in [5, 5.41) is 1.02. The van der Waals surface area contributed by atoms with Crippen molar-refractivity contribution < 1.29 is 23.2 Å². The van der Waals surface area contributed by atoms with E-state index in [1.807, 2.05) is 0 Å². The van der Waals surface area contributed by atoms with E-state index in [1.54, 1.807) is 76.2 Å². The Labute approximate surface area is 200 Å². The number of halogens is 2. The summed E-state index contributed by atoms with van der Waals surface area (Å²) < 4.78 is 24.7. The molecule has 8 heteroatoms. The smallest absolute Gasteiger partial charge is 0.296 e. The van der Waals surface area contributed by atoms with Crippen molar-refractivity contribution in [2.24, 2.45) is 0 Å². The van der Waals surface area contributed by atoms with Crippen LogP contribution in [-0.4, -0.2) is 22.8 Å². The maximum absolute atomic E-state index is 13.2. The molecule has 0 fully saturated rings. The minimum absolute atomic E-state index is 0.293. The minimum Gasteiger partial charge on any atom is -0.296 e. The number of ketones is 2. The van der Waals surface area contributed by atoms with Crippen molar-refractivity contribution in [1.29, 1.82) is 0 Å². The molecule has 0 unspecified atom stereocenters. The number of hydrogen-bond donors (Lipinski definition) is 0. The van der Waals surface area contributed by atoms with Crippen molar-refractivity contribution in [1.82, 2.24) is 0 Å². The predicted molar refractivity (Wildman–Crippen MR) is 129 cm³/mol. The van der Waals surface area contributed by atoms with Crippen molar-refractivity contribution in [3.63, 3.8) is 0 Å². The van der Waals surface area contributed by atoms with Crippen LogP contribution in [0.1, 0.15) is 74.1 Å². The Morgan fingerprint density at radius 3 is 1.22 bits per heavy atom. The van der Waals surface area contributed by atoms with E-state index in [2.05, 4.69) is 0 Å². The molecule has 0 atom stereocenters. The van der Waals surface area contributed by atoms with E-state index in [4.69, 9.17) is 32.2 Å². The van der Waals surface area contributed by atoms with Crippen molar-refractivity contribution in [2.45, 2.75) is 64.6 Å². The van der Waals surface area contributed by atoms with Gasteiger partial charge in [-0.05, 0) is 74.2 Å². The number of carbonyl (C=O) groups is 2. The summed E-state index contributed by atoms with van der Waals surface area (Å²) in [4.78, 5) is 26.5. The molecule has 2 rings (SSSR count). The average molecular weight is 499 g/mol. The molecule has 0 saturated heterocycles. The molecule has 0 heterocycles. The van der Waals surface area contributed by atoms with E-state index in [0.29, 0.717) is 46.9 Å². The van der Waals surface area contributed by atoms with Crippen molar-refractivity contribution in [3.8, 4) is 0 Å². The molecule has 174 valence electrons. The first-order valence-corrected chi connectivity index (χ1v) is 12.7. The minimum atomic E-state index is -3.21. The van der Waals surface area contributed by atoms with E-state index in [-0.39, 0.29) is 11.6 Å². The Morgan fingerprint density at radius 2 is 0.969 bits per heavy atom. The van der Waals surface area contributed by atoms with E-state index < -0.39 is 19.5 Å². The lowest BCUT2D eigenvalue weighted by Crippen LogP contribution is -2.41. The van der Waals surface area contributed by atoms with Gasteiger partial charge in [-0.25, -0.2) is 0 Å². The van der Waals surface area contributed by atoms with Gasteiger partial charge in [0.1, 0.15) is 11.2 Å². The molecule has 2 aromatic carbocycles. The predicted octanol–water partition coefficient (Wildman–Crippen LogP) is 7.60. The highest BCUT2D eigenvalue weighted by Gasteiger charge is 2.43. The lowest BCUT2D eigenvalue weighted by Gasteiger charge is -2.34. The number of benzene rings is 2. The molecule has 32 heavy (non-hydrogen) atoms. The van der Waals surface area contributed by atoms with Crippen LogP contribution in [0.3, 0.4) is 0 Å². The SMILES string of the molecule is CCC(CC)(O[PH](=O)OC(CC)(CC)C(=O)c1ccc(Cl)cc1)C(=O)c1ccc(Cl)cc1. The zero-order valence-corrected chi connectivity index (χ0v) is 21.3. The zero-order valence-electron chi connectivity index (χ0n) is 18.7. The van der Waals surface area contributed by atoms with E-state index in [1.165, 1.54) is 0 Å². The number of Topliss-reactive ketones (excluding diaryl/α,β-unsaturated/α-hetero) is 2. The Bertz CT molecular complexity index is 872. The highest BCUT2D eigenvalue weighted by molar-refractivity contribution is 7.33. The molecule has 5 nitrogen and oxygen atoms in total. The summed E-state index contributed by atoms with van der Waals surface area (Å²) in [6.45, 7) is 7.16. The molecule has 0 radical (unpaired) electrons. The van der Waals surface area contributed by atoms with Gasteiger partial charge in [-0.3, -0.25) is 23.2 Å². The fraction of sp³-hybridized carbons (Fsp3) is 0.417. The van der Waals surface area contributed by atoms with Crippen LogP contribution in [0, 0.1) is 0 Å². The highest BCUT2D eigenvalue weighted by atomic mass is 35.5. The molecular weight excluding hydrogens is 470 g/mol. The molecule has 2 aromatic rings. The van der Waals surface area contributed by atoms with Gasteiger partial charge in [0.05, 0.1) is 0 Å². The quantitative estimate of drug-likeness (QED) is 0.222. The van der Waals surface area contributed by atoms with Gasteiger partial charge in [-0.2, -0.15) is 0 Å². The number of hydrogen-bond acceptors (Lipinski definition) is 5. The second kappa shape index (κ2) is 11.6. The van der Waals surface area contributed by atoms with Gasteiger partial charge in [0.15, 0.2) is 11.6 Å². The third-order valence-electron chi connectivity index (χ3n) is 5.88. The monoisotopic (exact) mass is 498 g/mol. The van der Waals surface area contributed by atoms with Crippen molar-refractivity contribution in [3.05, 3.63) is 69.7 Å². The summed E-state index contributed by atoms with van der Waals surface area (Å²) in [5.41, 5.74) is -1.86. The van der Waals surface area contributed by atoms with Crippen LogP contribution in [0.4, 0.5) is 0 Å². The van der Waals surface area contributed by atoms with Crippen molar-refractivity contribution >= 4 is 43.0 Å². The molecule has 0 aromatic heterocycles. The van der Waals surface area contributed by atoms with Crippen LogP contribution >= 0.6 is 31.5 Å². The molecule has 0 bridgehead atoms. The van der Waals surface area contributed by atoms with Crippen LogP contribution in [0.2, 0.25) is 10.0 Å². The highest BCUT2D eigenvalue weighted by Crippen LogP contribution is 2.43. The average Bonchev–Trinajstić information content (AvgIpc) is 2.81. The summed E-state index contributed by atoms with van der Waals surface area (Å²) in [6.07, 6.45) is 1.17. The molecule has 0 aliphatic heterocycles. The molecule has 0 amide bonds. The van der Waals surface area contributed by atoms with Gasteiger partial charge in [-0.15, -0.1) is 0 Å². The fourth-order valence-electron chi connectivity index (χ4n) is 3.59. The standard InChI is InChI=1S/C24H29Cl2O5P/c1-5-23(6-2,21(27)17-9-13-19(25)14-10-17)30-32(29)31-24(7-3,8-4)22(28)18-11-15-20(26)16-12-18/h9-16,32H,5-8H2,1-4H3. The molecule has 0 N–H and O–H groups in total. The zero-order chi connectivity index (χ0) is 23.9. The second-order valence-electron chi connectivity index (χ2n) is 7.53. The van der Waals surface area contributed by atoms with E-state index >= 15 is 0 Å². The molecule has 0 saturated carbocycles. The third-order valence-corrected chi connectivity index (χ3v) is 7.50. The van der Waals surface area contributed by atoms with Gasteiger partial charge in [0.25, 0.3) is 0 Å². The second-order valence-corrected chi connectivity index (χ2v) is 9.31.